The van der Waals surface area contributed by atoms with Crippen LogP contribution in [0.15, 0.2) is 42.5 Å². The van der Waals surface area contributed by atoms with Crippen molar-refractivity contribution in [2.45, 2.75) is 6.92 Å². The number of H-pyrrole nitrogens is 1. The zero-order valence-electron chi connectivity index (χ0n) is 10.8. The molecule has 0 aliphatic carbocycles. The lowest BCUT2D eigenvalue weighted by atomic mass is 10.1. The largest absolute Gasteiger partial charge is 0.324 e. The number of fused-ring (bicyclic) bond motifs is 1. The van der Waals surface area contributed by atoms with Crippen LogP contribution in [-0.2, 0) is 0 Å². The SMILES string of the molecule is Cc1cc(Cl)ccc1C(=O)Nc1nc2ccccc2[nH]1. The number of halogens is 1. The number of imidazole rings is 1. The molecule has 0 radical (unpaired) electrons. The van der Waals surface area contributed by atoms with E-state index in [1.54, 1.807) is 18.2 Å². The van der Waals surface area contributed by atoms with E-state index in [1.165, 1.54) is 0 Å². The lowest BCUT2D eigenvalue weighted by molar-refractivity contribution is 0.102. The van der Waals surface area contributed by atoms with Crippen molar-refractivity contribution in [3.8, 4) is 0 Å². The van der Waals surface area contributed by atoms with Gasteiger partial charge < -0.3 is 4.98 Å². The van der Waals surface area contributed by atoms with Gasteiger partial charge in [-0.1, -0.05) is 23.7 Å². The molecule has 3 rings (SSSR count). The maximum absolute atomic E-state index is 12.2. The Morgan fingerprint density at radius 2 is 2.05 bits per heavy atom. The minimum absolute atomic E-state index is 0.210. The Labute approximate surface area is 120 Å². The summed E-state index contributed by atoms with van der Waals surface area (Å²) in [6, 6.07) is 12.8. The maximum atomic E-state index is 12.2. The summed E-state index contributed by atoms with van der Waals surface area (Å²) in [5, 5.41) is 3.37. The number of rotatable bonds is 2. The van der Waals surface area contributed by atoms with Crippen LogP contribution >= 0.6 is 11.6 Å². The molecule has 100 valence electrons. The summed E-state index contributed by atoms with van der Waals surface area (Å²) in [4.78, 5) is 19.6. The van der Waals surface area contributed by atoms with Crippen molar-refractivity contribution in [3.05, 3.63) is 58.6 Å². The summed E-state index contributed by atoms with van der Waals surface area (Å²) in [6.07, 6.45) is 0. The third kappa shape index (κ3) is 2.38. The van der Waals surface area contributed by atoms with Crippen LogP contribution in [-0.4, -0.2) is 15.9 Å². The number of aromatic amines is 1. The van der Waals surface area contributed by atoms with E-state index in [-0.39, 0.29) is 5.91 Å². The van der Waals surface area contributed by atoms with Gasteiger partial charge in [0, 0.05) is 10.6 Å². The molecule has 1 heterocycles. The van der Waals surface area contributed by atoms with Gasteiger partial charge in [0.15, 0.2) is 0 Å². The van der Waals surface area contributed by atoms with Gasteiger partial charge in [-0.3, -0.25) is 10.1 Å². The Balaban J connectivity index is 1.88. The second kappa shape index (κ2) is 4.98. The average molecular weight is 286 g/mol. The molecule has 0 bridgehead atoms. The third-order valence-corrected chi connectivity index (χ3v) is 3.29. The number of carbonyl (C=O) groups excluding carboxylic acids is 1. The number of nitrogens with one attached hydrogen (secondary N) is 2. The van der Waals surface area contributed by atoms with Gasteiger partial charge in [-0.2, -0.15) is 0 Å². The molecule has 1 amide bonds. The van der Waals surface area contributed by atoms with Gasteiger partial charge in [-0.25, -0.2) is 4.98 Å². The number of para-hydroxylation sites is 2. The predicted molar refractivity (Wildman–Crippen MR) is 80.2 cm³/mol. The highest BCUT2D eigenvalue weighted by molar-refractivity contribution is 6.30. The van der Waals surface area contributed by atoms with Crippen molar-refractivity contribution in [1.29, 1.82) is 0 Å². The van der Waals surface area contributed by atoms with Crippen molar-refractivity contribution in [3.63, 3.8) is 0 Å². The number of carbonyl (C=O) groups is 1. The molecular formula is C15H12ClN3O. The van der Waals surface area contributed by atoms with Gasteiger partial charge in [0.25, 0.3) is 5.91 Å². The van der Waals surface area contributed by atoms with E-state index < -0.39 is 0 Å². The standard InChI is InChI=1S/C15H12ClN3O/c1-9-8-10(16)6-7-11(9)14(20)19-15-17-12-4-2-3-5-13(12)18-15/h2-8H,1H3,(H2,17,18,19,20). The highest BCUT2D eigenvalue weighted by atomic mass is 35.5. The highest BCUT2D eigenvalue weighted by Gasteiger charge is 2.11. The van der Waals surface area contributed by atoms with E-state index in [4.69, 9.17) is 11.6 Å². The number of aryl methyl sites for hydroxylation is 1. The van der Waals surface area contributed by atoms with Gasteiger partial charge in [0.05, 0.1) is 11.0 Å². The third-order valence-electron chi connectivity index (χ3n) is 3.05. The summed E-state index contributed by atoms with van der Waals surface area (Å²) in [6.45, 7) is 1.85. The Bertz CT molecular complexity index is 762. The molecule has 0 atom stereocenters. The summed E-state index contributed by atoms with van der Waals surface area (Å²) in [5.41, 5.74) is 3.10. The van der Waals surface area contributed by atoms with Crippen LogP contribution in [0.5, 0.6) is 0 Å². The second-order valence-corrected chi connectivity index (χ2v) is 4.95. The molecule has 0 saturated carbocycles. The molecule has 3 aromatic rings. The molecule has 2 aromatic carbocycles. The van der Waals surface area contributed by atoms with E-state index in [1.807, 2.05) is 31.2 Å². The summed E-state index contributed by atoms with van der Waals surface area (Å²) in [7, 11) is 0. The van der Waals surface area contributed by atoms with Crippen LogP contribution in [0.2, 0.25) is 5.02 Å². The Morgan fingerprint density at radius 3 is 2.80 bits per heavy atom. The lowest BCUT2D eigenvalue weighted by Crippen LogP contribution is -2.14. The lowest BCUT2D eigenvalue weighted by Gasteiger charge is -2.05. The zero-order valence-corrected chi connectivity index (χ0v) is 11.5. The van der Waals surface area contributed by atoms with E-state index in [2.05, 4.69) is 15.3 Å². The Morgan fingerprint density at radius 1 is 1.25 bits per heavy atom. The van der Waals surface area contributed by atoms with Gasteiger partial charge in [0.2, 0.25) is 5.95 Å². The average Bonchev–Trinajstić information content (AvgIpc) is 2.80. The number of aromatic nitrogens is 2. The normalized spacial score (nSPS) is 10.7. The number of nitrogens with zero attached hydrogens (tertiary/aromatic N) is 1. The van der Waals surface area contributed by atoms with Crippen LogP contribution in [0, 0.1) is 6.92 Å². The quantitative estimate of drug-likeness (QED) is 0.753. The van der Waals surface area contributed by atoms with Crippen molar-refractivity contribution in [1.82, 2.24) is 9.97 Å². The number of benzene rings is 2. The summed E-state index contributed by atoms with van der Waals surface area (Å²) >= 11 is 5.89. The molecule has 0 spiro atoms. The fourth-order valence-corrected chi connectivity index (χ4v) is 2.30. The first-order chi connectivity index (χ1) is 9.63. The van der Waals surface area contributed by atoms with E-state index in [9.17, 15) is 4.79 Å². The van der Waals surface area contributed by atoms with E-state index in [0.29, 0.717) is 16.5 Å². The molecule has 0 aliphatic heterocycles. The van der Waals surface area contributed by atoms with Crippen molar-refractivity contribution in [2.75, 3.05) is 5.32 Å². The molecule has 0 fully saturated rings. The topological polar surface area (TPSA) is 57.8 Å². The summed E-state index contributed by atoms with van der Waals surface area (Å²) in [5.74, 6) is 0.226. The van der Waals surface area contributed by atoms with Crippen LogP contribution < -0.4 is 5.32 Å². The van der Waals surface area contributed by atoms with Crippen molar-refractivity contribution in [2.24, 2.45) is 0 Å². The van der Waals surface area contributed by atoms with Crippen molar-refractivity contribution < 1.29 is 4.79 Å². The van der Waals surface area contributed by atoms with Gasteiger partial charge >= 0.3 is 0 Å². The monoisotopic (exact) mass is 285 g/mol. The van der Waals surface area contributed by atoms with Gasteiger partial charge in [-0.05, 0) is 42.8 Å². The second-order valence-electron chi connectivity index (χ2n) is 4.52. The van der Waals surface area contributed by atoms with E-state index >= 15 is 0 Å². The fourth-order valence-electron chi connectivity index (χ4n) is 2.07. The van der Waals surface area contributed by atoms with E-state index in [0.717, 1.165) is 16.6 Å². The number of amides is 1. The smallest absolute Gasteiger partial charge is 0.258 e. The minimum Gasteiger partial charge on any atom is -0.324 e. The number of anilines is 1. The molecule has 20 heavy (non-hydrogen) atoms. The molecule has 0 saturated heterocycles. The first-order valence-corrected chi connectivity index (χ1v) is 6.53. The molecular weight excluding hydrogens is 274 g/mol. The minimum atomic E-state index is -0.210. The fraction of sp³-hybridized carbons (Fsp3) is 0.0667. The van der Waals surface area contributed by atoms with Crippen LogP contribution in [0.3, 0.4) is 0 Å². The van der Waals surface area contributed by atoms with Crippen LogP contribution in [0.4, 0.5) is 5.95 Å². The Kier molecular flexibility index (Phi) is 3.16. The zero-order chi connectivity index (χ0) is 14.1. The molecule has 0 unspecified atom stereocenters. The molecule has 5 heteroatoms. The van der Waals surface area contributed by atoms with Gasteiger partial charge in [-0.15, -0.1) is 0 Å². The van der Waals surface area contributed by atoms with Crippen molar-refractivity contribution >= 4 is 34.5 Å². The highest BCUT2D eigenvalue weighted by Crippen LogP contribution is 2.18. The first-order valence-electron chi connectivity index (χ1n) is 6.16. The molecule has 0 aliphatic rings. The Hall–Kier alpha value is -2.33. The molecule has 2 N–H and O–H groups in total. The van der Waals surface area contributed by atoms with Gasteiger partial charge in [0.1, 0.15) is 0 Å². The molecule has 1 aromatic heterocycles. The maximum Gasteiger partial charge on any atom is 0.258 e. The number of hydrogen-bond acceptors (Lipinski definition) is 2. The summed E-state index contributed by atoms with van der Waals surface area (Å²) < 4.78 is 0. The number of hydrogen-bond donors (Lipinski definition) is 2. The van der Waals surface area contributed by atoms with Crippen LogP contribution in [0.25, 0.3) is 11.0 Å². The molecule has 4 nitrogen and oxygen atoms in total. The first kappa shape index (κ1) is 12.7. The predicted octanol–water partition coefficient (Wildman–Crippen LogP) is 3.78. The van der Waals surface area contributed by atoms with Crippen LogP contribution in [0.1, 0.15) is 15.9 Å².